The van der Waals surface area contributed by atoms with E-state index in [2.05, 4.69) is 20.1 Å². The number of alkyl carbamates (subject to hydrolysis) is 1. The molecule has 2 amide bonds. The average Bonchev–Trinajstić information content (AvgIpc) is 2.87. The van der Waals surface area contributed by atoms with Gasteiger partial charge >= 0.3 is 18.2 Å². The third-order valence-electron chi connectivity index (χ3n) is 4.68. The van der Waals surface area contributed by atoms with E-state index < -0.39 is 56.0 Å². The number of hydrogen-bond acceptors (Lipinski definition) is 8. The normalized spacial score (nSPS) is 12.5. The first-order valence-corrected chi connectivity index (χ1v) is 10.9. The standard InChI is InChI=1S/C24H23F4N3O7/c25-17-5-1-15(2-6-17)11-21(33)30-18-7-3-16(4-8-18)12-38-23(35)31-19(22(34)37-10-9-29)13-36-14-20(32)24(26,27)28/h1-8,19-20,32H,10-14H2,(H,30,33)(H,31,35)/t19-,20?/m0/s1. The number of nitrogens with one attached hydrogen (secondary N) is 2. The van der Waals surface area contributed by atoms with Gasteiger partial charge in [0.25, 0.3) is 0 Å². The second-order valence-electron chi connectivity index (χ2n) is 7.68. The maximum absolute atomic E-state index is 13.0. The molecule has 14 heteroatoms. The monoisotopic (exact) mass is 541 g/mol. The molecule has 10 nitrogen and oxygen atoms in total. The minimum Gasteiger partial charge on any atom is -0.449 e. The van der Waals surface area contributed by atoms with Gasteiger partial charge < -0.3 is 30.0 Å². The van der Waals surface area contributed by atoms with Crippen molar-refractivity contribution < 1.29 is 51.3 Å². The summed E-state index contributed by atoms with van der Waals surface area (Å²) >= 11 is 0. The molecule has 204 valence electrons. The lowest BCUT2D eigenvalue weighted by atomic mass is 10.1. The zero-order valence-electron chi connectivity index (χ0n) is 19.7. The number of nitrogens with zero attached hydrogens (tertiary/aromatic N) is 1. The Hall–Kier alpha value is -4.22. The SMILES string of the molecule is N#CCOC(=O)[C@H](COCC(O)C(F)(F)F)NC(=O)OCc1ccc(NC(=O)Cc2ccc(F)cc2)cc1. The first-order valence-electron chi connectivity index (χ1n) is 10.9. The maximum atomic E-state index is 13.0. The number of esters is 1. The van der Waals surface area contributed by atoms with Crippen LogP contribution >= 0.6 is 0 Å². The van der Waals surface area contributed by atoms with Crippen LogP contribution in [-0.2, 0) is 36.8 Å². The first kappa shape index (κ1) is 30.0. The largest absolute Gasteiger partial charge is 0.449 e. The van der Waals surface area contributed by atoms with Gasteiger partial charge in [0.15, 0.2) is 18.8 Å². The number of carbonyl (C=O) groups excluding carboxylic acids is 3. The van der Waals surface area contributed by atoms with Crippen molar-refractivity contribution in [3.8, 4) is 6.07 Å². The highest BCUT2D eigenvalue weighted by Gasteiger charge is 2.38. The molecule has 1 unspecified atom stereocenters. The number of anilines is 1. The third kappa shape index (κ3) is 10.8. The van der Waals surface area contributed by atoms with E-state index in [1.165, 1.54) is 30.3 Å². The molecule has 0 heterocycles. The number of alkyl halides is 3. The number of aliphatic hydroxyl groups excluding tert-OH is 1. The molecular formula is C24H23F4N3O7. The first-order chi connectivity index (χ1) is 18.0. The molecule has 0 bridgehead atoms. The van der Waals surface area contributed by atoms with Crippen LogP contribution in [-0.4, -0.2) is 61.2 Å². The van der Waals surface area contributed by atoms with Crippen LogP contribution in [0.25, 0.3) is 0 Å². The maximum Gasteiger partial charge on any atom is 0.416 e. The van der Waals surface area contributed by atoms with Crippen LogP contribution < -0.4 is 10.6 Å². The van der Waals surface area contributed by atoms with Crippen molar-refractivity contribution >= 4 is 23.7 Å². The van der Waals surface area contributed by atoms with E-state index in [1.807, 2.05) is 0 Å². The predicted octanol–water partition coefficient (Wildman–Crippen LogP) is 2.61. The average molecular weight is 541 g/mol. The lowest BCUT2D eigenvalue weighted by molar-refractivity contribution is -0.217. The molecule has 2 atom stereocenters. The van der Waals surface area contributed by atoms with Crippen LogP contribution in [0, 0.1) is 17.1 Å². The van der Waals surface area contributed by atoms with Gasteiger partial charge in [-0.25, -0.2) is 14.0 Å². The van der Waals surface area contributed by atoms with Gasteiger partial charge in [-0.3, -0.25) is 4.79 Å². The summed E-state index contributed by atoms with van der Waals surface area (Å²) in [4.78, 5) is 36.2. The van der Waals surface area contributed by atoms with Crippen LogP contribution in [0.1, 0.15) is 11.1 Å². The molecule has 0 radical (unpaired) electrons. The topological polar surface area (TPSA) is 147 Å². The highest BCUT2D eigenvalue weighted by Crippen LogP contribution is 2.20. The zero-order chi connectivity index (χ0) is 28.1. The van der Waals surface area contributed by atoms with Crippen LogP contribution in [0.2, 0.25) is 0 Å². The number of halogens is 4. The lowest BCUT2D eigenvalue weighted by Crippen LogP contribution is -2.46. The van der Waals surface area contributed by atoms with Crippen molar-refractivity contribution in [1.82, 2.24) is 5.32 Å². The summed E-state index contributed by atoms with van der Waals surface area (Å²) in [6.45, 7) is -2.94. The quantitative estimate of drug-likeness (QED) is 0.275. The number of amides is 2. The van der Waals surface area contributed by atoms with Crippen molar-refractivity contribution in [2.24, 2.45) is 0 Å². The summed E-state index contributed by atoms with van der Waals surface area (Å²) in [5.74, 6) is -1.91. The Morgan fingerprint density at radius 3 is 2.21 bits per heavy atom. The second-order valence-corrected chi connectivity index (χ2v) is 7.68. The highest BCUT2D eigenvalue weighted by molar-refractivity contribution is 5.92. The number of benzene rings is 2. The van der Waals surface area contributed by atoms with Crippen LogP contribution in [0.15, 0.2) is 48.5 Å². The van der Waals surface area contributed by atoms with E-state index in [4.69, 9.17) is 15.1 Å². The fourth-order valence-corrected chi connectivity index (χ4v) is 2.77. The summed E-state index contributed by atoms with van der Waals surface area (Å²) in [6, 6.07) is 11.6. The summed E-state index contributed by atoms with van der Waals surface area (Å²) in [6.07, 6.45) is -8.85. The minimum atomic E-state index is -4.94. The highest BCUT2D eigenvalue weighted by atomic mass is 19.4. The Bertz CT molecular complexity index is 1120. The minimum absolute atomic E-state index is 0.0299. The summed E-state index contributed by atoms with van der Waals surface area (Å²) in [5.41, 5.74) is 1.56. The Morgan fingerprint density at radius 2 is 1.61 bits per heavy atom. The van der Waals surface area contributed by atoms with Gasteiger partial charge in [-0.2, -0.15) is 18.4 Å². The Morgan fingerprint density at radius 1 is 0.974 bits per heavy atom. The van der Waals surface area contributed by atoms with Crippen molar-refractivity contribution in [2.75, 3.05) is 25.1 Å². The van der Waals surface area contributed by atoms with Crippen LogP contribution in [0.3, 0.4) is 0 Å². The Balaban J connectivity index is 1.84. The fourth-order valence-electron chi connectivity index (χ4n) is 2.77. The van der Waals surface area contributed by atoms with Crippen molar-refractivity contribution in [1.29, 1.82) is 5.26 Å². The van der Waals surface area contributed by atoms with Gasteiger partial charge in [-0.1, -0.05) is 24.3 Å². The van der Waals surface area contributed by atoms with E-state index in [-0.39, 0.29) is 18.9 Å². The molecule has 38 heavy (non-hydrogen) atoms. The number of carbonyl (C=O) groups is 3. The smallest absolute Gasteiger partial charge is 0.416 e. The molecule has 0 aliphatic carbocycles. The zero-order valence-corrected chi connectivity index (χ0v) is 19.7. The van der Waals surface area contributed by atoms with E-state index in [1.54, 1.807) is 24.3 Å². The number of hydrogen-bond donors (Lipinski definition) is 3. The van der Waals surface area contributed by atoms with E-state index >= 15 is 0 Å². The summed E-state index contributed by atoms with van der Waals surface area (Å²) in [7, 11) is 0. The van der Waals surface area contributed by atoms with E-state index in [0.29, 0.717) is 16.8 Å². The number of aliphatic hydroxyl groups is 1. The third-order valence-corrected chi connectivity index (χ3v) is 4.68. The molecule has 0 aliphatic rings. The molecule has 0 aromatic heterocycles. The molecular weight excluding hydrogens is 518 g/mol. The van der Waals surface area contributed by atoms with Gasteiger partial charge in [0.2, 0.25) is 5.91 Å². The molecule has 2 aromatic rings. The van der Waals surface area contributed by atoms with Crippen molar-refractivity contribution in [3.63, 3.8) is 0 Å². The predicted molar refractivity (Wildman–Crippen MR) is 122 cm³/mol. The lowest BCUT2D eigenvalue weighted by Gasteiger charge is -2.19. The van der Waals surface area contributed by atoms with Gasteiger partial charge in [0.05, 0.1) is 19.6 Å². The van der Waals surface area contributed by atoms with E-state index in [0.717, 1.165) is 0 Å². The van der Waals surface area contributed by atoms with Gasteiger partial charge in [-0.05, 0) is 35.4 Å². The fraction of sp³-hybridized carbons (Fsp3) is 0.333. The number of rotatable bonds is 12. The molecule has 3 N–H and O–H groups in total. The molecule has 0 aliphatic heterocycles. The molecule has 0 fully saturated rings. The molecule has 2 rings (SSSR count). The second kappa shape index (κ2) is 14.5. The van der Waals surface area contributed by atoms with Gasteiger partial charge in [0, 0.05) is 5.69 Å². The van der Waals surface area contributed by atoms with Crippen LogP contribution in [0.4, 0.5) is 28.0 Å². The Kier molecular flexibility index (Phi) is 11.5. The van der Waals surface area contributed by atoms with Gasteiger partial charge in [0.1, 0.15) is 18.5 Å². The molecule has 0 spiro atoms. The molecule has 0 saturated carbocycles. The summed E-state index contributed by atoms with van der Waals surface area (Å²) in [5, 5.41) is 22.2. The number of nitriles is 1. The summed E-state index contributed by atoms with van der Waals surface area (Å²) < 4.78 is 64.3. The molecule has 2 aromatic carbocycles. The molecule has 0 saturated heterocycles. The Labute approximate surface area is 214 Å². The van der Waals surface area contributed by atoms with E-state index in [9.17, 15) is 31.9 Å². The van der Waals surface area contributed by atoms with Crippen molar-refractivity contribution in [2.45, 2.75) is 31.3 Å². The van der Waals surface area contributed by atoms with Gasteiger partial charge in [-0.15, -0.1) is 0 Å². The van der Waals surface area contributed by atoms with Crippen LogP contribution in [0.5, 0.6) is 0 Å². The van der Waals surface area contributed by atoms with Crippen molar-refractivity contribution in [3.05, 3.63) is 65.5 Å². The number of ether oxygens (including phenoxy) is 3.